The van der Waals surface area contributed by atoms with E-state index in [0.29, 0.717) is 0 Å². The van der Waals surface area contributed by atoms with E-state index in [2.05, 4.69) is 47.3 Å². The predicted molar refractivity (Wildman–Crippen MR) is 64.7 cm³/mol. The van der Waals surface area contributed by atoms with Crippen molar-refractivity contribution in [1.29, 1.82) is 0 Å². The van der Waals surface area contributed by atoms with Gasteiger partial charge in [-0.05, 0) is 61.9 Å². The largest absolute Gasteiger partial charge is 0.0955 e. The Morgan fingerprint density at radius 2 is 1.79 bits per heavy atom. The lowest BCUT2D eigenvalue weighted by atomic mass is 9.89. The molecule has 0 aliphatic carbocycles. The van der Waals surface area contributed by atoms with Crippen LogP contribution in [0.2, 0.25) is 0 Å². The summed E-state index contributed by atoms with van der Waals surface area (Å²) in [5.74, 6) is 0. The van der Waals surface area contributed by atoms with E-state index < -0.39 is 0 Å². The highest BCUT2D eigenvalue weighted by atomic mass is 14.1. The van der Waals surface area contributed by atoms with E-state index in [9.17, 15) is 0 Å². The maximum absolute atomic E-state index is 4.07. The van der Waals surface area contributed by atoms with Gasteiger partial charge in [0.25, 0.3) is 0 Å². The van der Waals surface area contributed by atoms with E-state index in [1.54, 1.807) is 0 Å². The summed E-state index contributed by atoms with van der Waals surface area (Å²) in [6, 6.07) is 2.30. The molecule has 0 saturated heterocycles. The second-order valence-corrected chi connectivity index (χ2v) is 4.11. The molecule has 1 rings (SSSR count). The third kappa shape index (κ3) is 1.75. The highest BCUT2D eigenvalue weighted by Gasteiger charge is 2.09. The van der Waals surface area contributed by atoms with Gasteiger partial charge >= 0.3 is 0 Å². The first-order valence-electron chi connectivity index (χ1n) is 5.24. The zero-order valence-corrected chi connectivity index (χ0v) is 9.99. The van der Waals surface area contributed by atoms with Gasteiger partial charge in [0.1, 0.15) is 0 Å². The molecule has 1 aromatic carbocycles. The molecule has 0 nitrogen and oxygen atoms in total. The van der Waals surface area contributed by atoms with Gasteiger partial charge in [-0.2, -0.15) is 0 Å². The van der Waals surface area contributed by atoms with Crippen LogP contribution in [-0.2, 0) is 6.42 Å². The van der Waals surface area contributed by atoms with E-state index in [4.69, 9.17) is 0 Å². The second-order valence-electron chi connectivity index (χ2n) is 4.11. The number of rotatable bonds is 2. The monoisotopic (exact) mass is 188 g/mol. The Hall–Kier alpha value is -1.04. The normalized spacial score (nSPS) is 10.4. The topological polar surface area (TPSA) is 0 Å². The van der Waals surface area contributed by atoms with Crippen molar-refractivity contribution in [3.8, 4) is 0 Å². The average Bonchev–Trinajstić information content (AvgIpc) is 2.12. The van der Waals surface area contributed by atoms with Gasteiger partial charge in [0, 0.05) is 0 Å². The van der Waals surface area contributed by atoms with E-state index in [1.807, 2.05) is 0 Å². The van der Waals surface area contributed by atoms with Crippen molar-refractivity contribution in [3.05, 3.63) is 40.5 Å². The Morgan fingerprint density at radius 3 is 2.21 bits per heavy atom. The van der Waals surface area contributed by atoms with Gasteiger partial charge in [-0.3, -0.25) is 0 Å². The molecule has 0 fully saturated rings. The molecule has 0 aromatic heterocycles. The molecule has 0 radical (unpaired) electrons. The lowest BCUT2D eigenvalue weighted by Gasteiger charge is -2.16. The van der Waals surface area contributed by atoms with Crippen LogP contribution in [0.5, 0.6) is 0 Å². The van der Waals surface area contributed by atoms with Crippen LogP contribution in [0.25, 0.3) is 5.57 Å². The molecule has 0 aliphatic heterocycles. The minimum atomic E-state index is 1.09. The number of benzene rings is 1. The fraction of sp³-hybridized carbons (Fsp3) is 0.429. The van der Waals surface area contributed by atoms with Crippen LogP contribution in [0.4, 0.5) is 0 Å². The van der Waals surface area contributed by atoms with Crippen molar-refractivity contribution in [3.63, 3.8) is 0 Å². The van der Waals surface area contributed by atoms with Crippen LogP contribution in [0.3, 0.4) is 0 Å². The average molecular weight is 188 g/mol. The zero-order valence-electron chi connectivity index (χ0n) is 9.99. The molecule has 0 unspecified atom stereocenters. The van der Waals surface area contributed by atoms with Crippen LogP contribution >= 0.6 is 0 Å². The van der Waals surface area contributed by atoms with Crippen molar-refractivity contribution in [2.45, 2.75) is 41.0 Å². The number of allylic oxidation sites excluding steroid dienone is 1. The lowest BCUT2D eigenvalue weighted by Crippen LogP contribution is -1.99. The Morgan fingerprint density at radius 1 is 1.21 bits per heavy atom. The molecule has 0 bridgehead atoms. The van der Waals surface area contributed by atoms with Crippen molar-refractivity contribution in [1.82, 2.24) is 0 Å². The molecular weight excluding hydrogens is 168 g/mol. The Balaban J connectivity index is 3.53. The van der Waals surface area contributed by atoms with Gasteiger partial charge in [0.15, 0.2) is 0 Å². The lowest BCUT2D eigenvalue weighted by molar-refractivity contribution is 1.09. The molecular formula is C14H20. The number of hydrogen-bond donors (Lipinski definition) is 0. The van der Waals surface area contributed by atoms with Crippen LogP contribution in [0.15, 0.2) is 12.6 Å². The molecule has 0 atom stereocenters. The third-order valence-corrected chi connectivity index (χ3v) is 3.05. The van der Waals surface area contributed by atoms with E-state index in [0.717, 1.165) is 6.42 Å². The van der Waals surface area contributed by atoms with Gasteiger partial charge in [0.05, 0.1) is 0 Å². The quantitative estimate of drug-likeness (QED) is 0.652. The summed E-state index contributed by atoms with van der Waals surface area (Å²) in [6.07, 6.45) is 1.09. The van der Waals surface area contributed by atoms with E-state index in [1.165, 1.54) is 33.4 Å². The molecule has 0 amide bonds. The zero-order chi connectivity index (χ0) is 10.9. The van der Waals surface area contributed by atoms with Crippen molar-refractivity contribution in [2.24, 2.45) is 0 Å². The highest BCUT2D eigenvalue weighted by Crippen LogP contribution is 2.27. The highest BCUT2D eigenvalue weighted by molar-refractivity contribution is 5.69. The molecule has 0 saturated carbocycles. The first-order valence-corrected chi connectivity index (χ1v) is 5.24. The van der Waals surface area contributed by atoms with Gasteiger partial charge in [0.2, 0.25) is 0 Å². The Bertz CT molecular complexity index is 370. The minimum absolute atomic E-state index is 1.09. The first-order chi connectivity index (χ1) is 6.49. The smallest absolute Gasteiger partial charge is 0.0169 e. The second kappa shape index (κ2) is 4.00. The van der Waals surface area contributed by atoms with Crippen molar-refractivity contribution >= 4 is 5.57 Å². The molecule has 0 aliphatic rings. The van der Waals surface area contributed by atoms with Crippen LogP contribution < -0.4 is 0 Å². The van der Waals surface area contributed by atoms with E-state index >= 15 is 0 Å². The summed E-state index contributed by atoms with van der Waals surface area (Å²) in [5.41, 5.74) is 8.18. The molecule has 1 aromatic rings. The molecule has 14 heavy (non-hydrogen) atoms. The summed E-state index contributed by atoms with van der Waals surface area (Å²) in [6.45, 7) is 14.9. The summed E-state index contributed by atoms with van der Waals surface area (Å²) in [5, 5.41) is 0. The fourth-order valence-corrected chi connectivity index (χ4v) is 2.04. The van der Waals surface area contributed by atoms with Crippen molar-refractivity contribution in [2.75, 3.05) is 0 Å². The first kappa shape index (κ1) is 11.0. The van der Waals surface area contributed by atoms with Crippen LogP contribution in [-0.4, -0.2) is 0 Å². The van der Waals surface area contributed by atoms with Gasteiger partial charge < -0.3 is 0 Å². The molecule has 0 spiro atoms. The predicted octanol–water partition coefficient (Wildman–Crippen LogP) is 4.21. The molecule has 0 N–H and O–H groups in total. The summed E-state index contributed by atoms with van der Waals surface area (Å²) in [4.78, 5) is 0. The molecule has 0 heteroatoms. The van der Waals surface area contributed by atoms with Gasteiger partial charge in [-0.15, -0.1) is 0 Å². The Kier molecular flexibility index (Phi) is 3.15. The van der Waals surface area contributed by atoms with Crippen LogP contribution in [0, 0.1) is 20.8 Å². The number of aryl methyl sites for hydroxylation is 2. The Labute approximate surface area is 87.7 Å². The maximum atomic E-state index is 4.07. The molecule has 76 valence electrons. The fourth-order valence-electron chi connectivity index (χ4n) is 2.04. The third-order valence-electron chi connectivity index (χ3n) is 3.05. The maximum Gasteiger partial charge on any atom is -0.0169 e. The minimum Gasteiger partial charge on any atom is -0.0955 e. The SMILES string of the molecule is C=C(C)c1c(CC)cc(C)c(C)c1C. The molecule has 0 heterocycles. The van der Waals surface area contributed by atoms with Crippen molar-refractivity contribution < 1.29 is 0 Å². The number of hydrogen-bond acceptors (Lipinski definition) is 0. The van der Waals surface area contributed by atoms with Gasteiger partial charge in [-0.25, -0.2) is 0 Å². The van der Waals surface area contributed by atoms with Crippen LogP contribution in [0.1, 0.15) is 41.7 Å². The summed E-state index contributed by atoms with van der Waals surface area (Å²) < 4.78 is 0. The van der Waals surface area contributed by atoms with Gasteiger partial charge in [-0.1, -0.05) is 25.1 Å². The van der Waals surface area contributed by atoms with E-state index in [-0.39, 0.29) is 0 Å². The standard InChI is InChI=1S/C14H20/c1-7-13-8-10(4)11(5)12(6)14(13)9(2)3/h8H,2,7H2,1,3-6H3. The summed E-state index contributed by atoms with van der Waals surface area (Å²) in [7, 11) is 0. The summed E-state index contributed by atoms with van der Waals surface area (Å²) >= 11 is 0.